The van der Waals surface area contributed by atoms with Crippen LogP contribution in [0.4, 0.5) is 0 Å². The van der Waals surface area contributed by atoms with Crippen molar-refractivity contribution < 1.29 is 0 Å². The van der Waals surface area contributed by atoms with Gasteiger partial charge >= 0.3 is 0 Å². The third-order valence-corrected chi connectivity index (χ3v) is 1.81. The van der Waals surface area contributed by atoms with E-state index in [1.165, 1.54) is 0 Å². The molecule has 12 heavy (non-hydrogen) atoms. The average molecular weight is 166 g/mol. The highest BCUT2D eigenvalue weighted by Gasteiger charge is 2.01. The van der Waals surface area contributed by atoms with Crippen molar-refractivity contribution in [3.8, 4) is 6.07 Å². The monoisotopic (exact) mass is 166 g/mol. The Kier molecular flexibility index (Phi) is 7.73. The Balaban J connectivity index is 3.39. The van der Waals surface area contributed by atoms with Gasteiger partial charge < -0.3 is 5.32 Å². The van der Waals surface area contributed by atoms with Crippen molar-refractivity contribution in [3.05, 3.63) is 12.2 Å². The molecule has 0 aliphatic heterocycles. The van der Waals surface area contributed by atoms with Gasteiger partial charge in [0.2, 0.25) is 0 Å². The molecule has 0 aromatic heterocycles. The fourth-order valence-electron chi connectivity index (χ4n) is 1.01. The van der Waals surface area contributed by atoms with E-state index in [1.807, 2.05) is 13.0 Å². The summed E-state index contributed by atoms with van der Waals surface area (Å²) in [7, 11) is 0. The third kappa shape index (κ3) is 5.94. The van der Waals surface area contributed by atoms with Crippen LogP contribution in [0, 0.1) is 11.3 Å². The number of hydrogen-bond acceptors (Lipinski definition) is 2. The second-order valence-electron chi connectivity index (χ2n) is 2.78. The van der Waals surface area contributed by atoms with Crippen LogP contribution < -0.4 is 5.32 Å². The van der Waals surface area contributed by atoms with Crippen molar-refractivity contribution in [3.63, 3.8) is 0 Å². The third-order valence-electron chi connectivity index (χ3n) is 1.81. The van der Waals surface area contributed by atoms with Crippen LogP contribution in [-0.2, 0) is 0 Å². The van der Waals surface area contributed by atoms with Crippen molar-refractivity contribution in [2.45, 2.75) is 39.2 Å². The van der Waals surface area contributed by atoms with E-state index in [-0.39, 0.29) is 0 Å². The van der Waals surface area contributed by atoms with Gasteiger partial charge in [0.25, 0.3) is 0 Å². The molecule has 0 saturated heterocycles. The van der Waals surface area contributed by atoms with E-state index in [0.717, 1.165) is 19.4 Å². The predicted octanol–water partition coefficient (Wildman–Crippen LogP) is 2.23. The van der Waals surface area contributed by atoms with E-state index in [1.54, 1.807) is 0 Å². The van der Waals surface area contributed by atoms with E-state index < -0.39 is 0 Å². The van der Waals surface area contributed by atoms with E-state index in [2.05, 4.69) is 24.4 Å². The Bertz CT molecular complexity index is 156. The van der Waals surface area contributed by atoms with Crippen molar-refractivity contribution in [1.82, 2.24) is 5.32 Å². The topological polar surface area (TPSA) is 35.8 Å². The summed E-state index contributed by atoms with van der Waals surface area (Å²) in [6, 6.07) is 2.55. The quantitative estimate of drug-likeness (QED) is 0.485. The van der Waals surface area contributed by atoms with Gasteiger partial charge in [0.1, 0.15) is 0 Å². The number of allylic oxidation sites excluding steroid dienone is 1. The van der Waals surface area contributed by atoms with Gasteiger partial charge in [-0.2, -0.15) is 5.26 Å². The van der Waals surface area contributed by atoms with Crippen LogP contribution in [0.15, 0.2) is 12.2 Å². The lowest BCUT2D eigenvalue weighted by Gasteiger charge is -2.11. The molecule has 0 radical (unpaired) electrons. The van der Waals surface area contributed by atoms with Gasteiger partial charge in [-0.25, -0.2) is 0 Å². The first-order valence-corrected chi connectivity index (χ1v) is 4.56. The normalized spacial score (nSPS) is 13.1. The molecular weight excluding hydrogens is 148 g/mol. The molecule has 1 unspecified atom stereocenters. The summed E-state index contributed by atoms with van der Waals surface area (Å²) in [6.45, 7) is 5.10. The maximum absolute atomic E-state index is 8.47. The Morgan fingerprint density at radius 1 is 1.58 bits per heavy atom. The SMILES string of the molecule is C/C=C/CCNC(CC)CC#N. The van der Waals surface area contributed by atoms with Crippen LogP contribution >= 0.6 is 0 Å². The zero-order chi connectivity index (χ0) is 9.23. The Morgan fingerprint density at radius 3 is 2.83 bits per heavy atom. The van der Waals surface area contributed by atoms with Crippen LogP contribution in [0.3, 0.4) is 0 Å². The van der Waals surface area contributed by atoms with Gasteiger partial charge in [0.05, 0.1) is 12.5 Å². The van der Waals surface area contributed by atoms with Gasteiger partial charge in [0, 0.05) is 6.04 Å². The fourth-order valence-corrected chi connectivity index (χ4v) is 1.01. The fraction of sp³-hybridized carbons (Fsp3) is 0.700. The molecule has 0 saturated carbocycles. The van der Waals surface area contributed by atoms with Crippen LogP contribution in [0.25, 0.3) is 0 Å². The molecule has 0 aromatic carbocycles. The lowest BCUT2D eigenvalue weighted by Crippen LogP contribution is -2.28. The molecule has 2 nitrogen and oxygen atoms in total. The Hall–Kier alpha value is -0.810. The smallest absolute Gasteiger partial charge is 0.0638 e. The van der Waals surface area contributed by atoms with Crippen molar-refractivity contribution >= 4 is 0 Å². The second kappa shape index (κ2) is 8.29. The highest BCUT2D eigenvalue weighted by Crippen LogP contribution is 1.95. The molecule has 0 aromatic rings. The molecule has 0 aliphatic carbocycles. The highest BCUT2D eigenvalue weighted by molar-refractivity contribution is 4.82. The van der Waals surface area contributed by atoms with Gasteiger partial charge in [-0.05, 0) is 26.3 Å². The molecule has 68 valence electrons. The minimum absolute atomic E-state index is 0.375. The van der Waals surface area contributed by atoms with Crippen LogP contribution in [0.1, 0.15) is 33.1 Å². The Morgan fingerprint density at radius 2 is 2.33 bits per heavy atom. The van der Waals surface area contributed by atoms with Gasteiger partial charge in [0.15, 0.2) is 0 Å². The van der Waals surface area contributed by atoms with E-state index in [4.69, 9.17) is 5.26 Å². The molecule has 0 aliphatic rings. The van der Waals surface area contributed by atoms with Crippen molar-refractivity contribution in [2.24, 2.45) is 0 Å². The van der Waals surface area contributed by atoms with Crippen LogP contribution in [-0.4, -0.2) is 12.6 Å². The standard InChI is InChI=1S/C10H18N2/c1-3-5-6-9-12-10(4-2)7-8-11/h3,5,10,12H,4,6-7,9H2,1-2H3/b5-3+. The molecular formula is C10H18N2. The minimum atomic E-state index is 0.375. The molecule has 1 atom stereocenters. The van der Waals surface area contributed by atoms with Gasteiger partial charge in [-0.3, -0.25) is 0 Å². The van der Waals surface area contributed by atoms with Gasteiger partial charge in [-0.1, -0.05) is 19.1 Å². The minimum Gasteiger partial charge on any atom is -0.313 e. The summed E-state index contributed by atoms with van der Waals surface area (Å²) in [5.41, 5.74) is 0. The maximum Gasteiger partial charge on any atom is 0.0638 e. The molecule has 0 rings (SSSR count). The van der Waals surface area contributed by atoms with E-state index in [0.29, 0.717) is 12.5 Å². The summed E-state index contributed by atoms with van der Waals surface area (Å²) in [5.74, 6) is 0. The van der Waals surface area contributed by atoms with Crippen LogP contribution in [0.2, 0.25) is 0 Å². The lowest BCUT2D eigenvalue weighted by molar-refractivity contribution is 0.511. The van der Waals surface area contributed by atoms with E-state index in [9.17, 15) is 0 Å². The van der Waals surface area contributed by atoms with Crippen LogP contribution in [0.5, 0.6) is 0 Å². The number of nitriles is 1. The molecule has 0 heterocycles. The summed E-state index contributed by atoms with van der Waals surface area (Å²) in [5, 5.41) is 11.8. The summed E-state index contributed by atoms with van der Waals surface area (Å²) >= 11 is 0. The first-order chi connectivity index (χ1) is 5.85. The zero-order valence-electron chi connectivity index (χ0n) is 8.01. The second-order valence-corrected chi connectivity index (χ2v) is 2.78. The predicted molar refractivity (Wildman–Crippen MR) is 51.7 cm³/mol. The molecule has 2 heteroatoms. The summed E-state index contributed by atoms with van der Waals surface area (Å²) in [4.78, 5) is 0. The Labute approximate surface area is 75.3 Å². The zero-order valence-corrected chi connectivity index (χ0v) is 8.01. The summed E-state index contributed by atoms with van der Waals surface area (Å²) < 4.78 is 0. The average Bonchev–Trinajstić information content (AvgIpc) is 2.10. The van der Waals surface area contributed by atoms with Crippen molar-refractivity contribution in [2.75, 3.05) is 6.54 Å². The lowest BCUT2D eigenvalue weighted by atomic mass is 10.1. The van der Waals surface area contributed by atoms with E-state index >= 15 is 0 Å². The number of nitrogens with zero attached hydrogens (tertiary/aromatic N) is 1. The molecule has 1 N–H and O–H groups in total. The maximum atomic E-state index is 8.47. The molecule has 0 amide bonds. The number of rotatable bonds is 6. The van der Waals surface area contributed by atoms with Crippen molar-refractivity contribution in [1.29, 1.82) is 5.26 Å². The number of nitrogens with one attached hydrogen (secondary N) is 1. The molecule has 0 spiro atoms. The molecule has 0 fully saturated rings. The largest absolute Gasteiger partial charge is 0.313 e. The first kappa shape index (κ1) is 11.2. The summed E-state index contributed by atoms with van der Waals surface area (Å²) in [6.07, 6.45) is 6.88. The number of hydrogen-bond donors (Lipinski definition) is 1. The van der Waals surface area contributed by atoms with Gasteiger partial charge in [-0.15, -0.1) is 0 Å². The molecule has 0 bridgehead atoms. The highest BCUT2D eigenvalue weighted by atomic mass is 14.9. The first-order valence-electron chi connectivity index (χ1n) is 4.56.